The maximum atomic E-state index is 5.65. The van der Waals surface area contributed by atoms with E-state index in [9.17, 15) is 0 Å². The van der Waals surface area contributed by atoms with Crippen molar-refractivity contribution in [2.45, 2.75) is 6.92 Å². The highest BCUT2D eigenvalue weighted by Gasteiger charge is 2.11. The van der Waals surface area contributed by atoms with Crippen LogP contribution in [0.2, 0.25) is 0 Å². The van der Waals surface area contributed by atoms with Crippen molar-refractivity contribution < 1.29 is 4.52 Å². The van der Waals surface area contributed by atoms with Gasteiger partial charge < -0.3 is 10.3 Å². The molecule has 2 heterocycles. The lowest BCUT2D eigenvalue weighted by atomic mass is 10.1. The fourth-order valence-corrected chi connectivity index (χ4v) is 1.84. The molecule has 0 bridgehead atoms. The number of nitrogens with zero attached hydrogens (tertiary/aromatic N) is 2. The molecule has 0 amide bonds. The Morgan fingerprint density at radius 3 is 2.88 bits per heavy atom. The third-order valence-corrected chi connectivity index (χ3v) is 2.84. The molecule has 4 heteroatoms. The van der Waals surface area contributed by atoms with Gasteiger partial charge in [0.05, 0.1) is 5.52 Å². The van der Waals surface area contributed by atoms with E-state index < -0.39 is 0 Å². The van der Waals surface area contributed by atoms with Crippen LogP contribution in [0.25, 0.3) is 22.2 Å². The number of hydrogen-bond acceptors (Lipinski definition) is 4. The maximum Gasteiger partial charge on any atom is 0.225 e. The van der Waals surface area contributed by atoms with Crippen molar-refractivity contribution in [3.63, 3.8) is 0 Å². The first-order chi connectivity index (χ1) is 8.25. The fraction of sp³-hybridized carbons (Fsp3) is 0.0769. The van der Waals surface area contributed by atoms with Gasteiger partial charge in [-0.1, -0.05) is 17.3 Å². The molecule has 0 unspecified atom stereocenters. The van der Waals surface area contributed by atoms with E-state index in [1.807, 2.05) is 37.3 Å². The highest BCUT2D eigenvalue weighted by atomic mass is 16.5. The topological polar surface area (TPSA) is 64.9 Å². The predicted molar refractivity (Wildman–Crippen MR) is 66.4 cm³/mol. The molecule has 84 valence electrons. The first-order valence-electron chi connectivity index (χ1n) is 5.32. The molecule has 3 rings (SSSR count). The third kappa shape index (κ3) is 1.54. The Morgan fingerprint density at radius 1 is 1.24 bits per heavy atom. The van der Waals surface area contributed by atoms with Crippen LogP contribution in [0.5, 0.6) is 0 Å². The predicted octanol–water partition coefficient (Wildman–Crippen LogP) is 2.78. The summed E-state index contributed by atoms with van der Waals surface area (Å²) in [7, 11) is 0. The number of anilines is 1. The van der Waals surface area contributed by atoms with Gasteiger partial charge in [0, 0.05) is 22.7 Å². The molecular formula is C13H11N3O. The van der Waals surface area contributed by atoms with Crippen LogP contribution in [0.4, 0.5) is 5.88 Å². The number of pyridine rings is 1. The first kappa shape index (κ1) is 9.84. The zero-order valence-corrected chi connectivity index (χ0v) is 9.34. The lowest BCUT2D eigenvalue weighted by Crippen LogP contribution is -1.86. The molecular weight excluding hydrogens is 214 g/mol. The minimum absolute atomic E-state index is 0.367. The smallest absolute Gasteiger partial charge is 0.225 e. The van der Waals surface area contributed by atoms with Crippen LogP contribution < -0.4 is 5.73 Å². The summed E-state index contributed by atoms with van der Waals surface area (Å²) in [5, 5.41) is 5.05. The number of nitrogen functional groups attached to an aromatic ring is 1. The van der Waals surface area contributed by atoms with Gasteiger partial charge in [-0.2, -0.15) is 0 Å². The van der Waals surface area contributed by atoms with Gasteiger partial charge in [0.25, 0.3) is 0 Å². The van der Waals surface area contributed by atoms with E-state index in [1.165, 1.54) is 0 Å². The van der Waals surface area contributed by atoms with Crippen LogP contribution in [-0.4, -0.2) is 10.1 Å². The third-order valence-electron chi connectivity index (χ3n) is 2.84. The molecule has 0 saturated heterocycles. The zero-order valence-electron chi connectivity index (χ0n) is 9.34. The van der Waals surface area contributed by atoms with Gasteiger partial charge in [0.2, 0.25) is 5.88 Å². The van der Waals surface area contributed by atoms with E-state index in [4.69, 9.17) is 10.3 Å². The van der Waals surface area contributed by atoms with Crippen LogP contribution in [0.1, 0.15) is 5.56 Å². The van der Waals surface area contributed by atoms with Crippen molar-refractivity contribution >= 4 is 16.8 Å². The Hall–Kier alpha value is -2.36. The zero-order chi connectivity index (χ0) is 11.8. The van der Waals surface area contributed by atoms with Gasteiger partial charge in [0.15, 0.2) is 0 Å². The number of rotatable bonds is 1. The Bertz CT molecular complexity index is 688. The van der Waals surface area contributed by atoms with E-state index in [0.717, 1.165) is 27.7 Å². The second kappa shape index (κ2) is 3.59. The summed E-state index contributed by atoms with van der Waals surface area (Å²) in [5.41, 5.74) is 9.26. The van der Waals surface area contributed by atoms with Crippen LogP contribution in [0.15, 0.2) is 41.1 Å². The number of benzene rings is 1. The minimum atomic E-state index is 0.367. The van der Waals surface area contributed by atoms with Gasteiger partial charge in [-0.25, -0.2) is 0 Å². The Kier molecular flexibility index (Phi) is 2.08. The average molecular weight is 225 g/mol. The molecule has 0 aliphatic heterocycles. The summed E-state index contributed by atoms with van der Waals surface area (Å²) in [6.45, 7) is 1.90. The molecule has 0 radical (unpaired) electrons. The van der Waals surface area contributed by atoms with Gasteiger partial charge >= 0.3 is 0 Å². The standard InChI is InChI=1S/C13H11N3O/c1-8-12(16-17-13(8)14)10-4-5-11-9(7-10)3-2-6-15-11/h2-7H,14H2,1H3. The summed E-state index contributed by atoms with van der Waals surface area (Å²) < 4.78 is 4.97. The number of aromatic nitrogens is 2. The van der Waals surface area contributed by atoms with E-state index in [2.05, 4.69) is 10.1 Å². The van der Waals surface area contributed by atoms with E-state index in [-0.39, 0.29) is 0 Å². The molecule has 1 aromatic carbocycles. The maximum absolute atomic E-state index is 5.65. The normalized spacial score (nSPS) is 10.9. The van der Waals surface area contributed by atoms with Crippen LogP contribution >= 0.6 is 0 Å². The molecule has 0 atom stereocenters. The lowest BCUT2D eigenvalue weighted by Gasteiger charge is -2.00. The molecule has 0 saturated carbocycles. The van der Waals surface area contributed by atoms with Gasteiger partial charge in [-0.05, 0) is 25.1 Å². The van der Waals surface area contributed by atoms with Crippen LogP contribution in [0, 0.1) is 6.92 Å². The van der Waals surface area contributed by atoms with E-state index in [0.29, 0.717) is 5.88 Å². The van der Waals surface area contributed by atoms with E-state index >= 15 is 0 Å². The molecule has 0 spiro atoms. The van der Waals surface area contributed by atoms with Crippen molar-refractivity contribution in [3.05, 3.63) is 42.1 Å². The monoisotopic (exact) mass is 225 g/mol. The Morgan fingerprint density at radius 2 is 2.12 bits per heavy atom. The van der Waals surface area contributed by atoms with Gasteiger partial charge in [-0.3, -0.25) is 4.98 Å². The molecule has 0 fully saturated rings. The second-order valence-corrected chi connectivity index (χ2v) is 3.93. The van der Waals surface area contributed by atoms with Gasteiger partial charge in [0.1, 0.15) is 5.69 Å². The molecule has 4 nitrogen and oxygen atoms in total. The second-order valence-electron chi connectivity index (χ2n) is 3.93. The summed E-state index contributed by atoms with van der Waals surface area (Å²) in [6, 6.07) is 9.90. The summed E-state index contributed by atoms with van der Waals surface area (Å²) in [6.07, 6.45) is 1.78. The highest BCUT2D eigenvalue weighted by molar-refractivity contribution is 5.84. The highest BCUT2D eigenvalue weighted by Crippen LogP contribution is 2.28. The molecule has 17 heavy (non-hydrogen) atoms. The number of fused-ring (bicyclic) bond motifs is 1. The molecule has 2 aromatic heterocycles. The van der Waals surface area contributed by atoms with Crippen molar-refractivity contribution in [2.75, 3.05) is 5.73 Å². The van der Waals surface area contributed by atoms with Crippen LogP contribution in [0.3, 0.4) is 0 Å². The Labute approximate surface area is 98.1 Å². The SMILES string of the molecule is Cc1c(-c2ccc3ncccc3c2)noc1N. The summed E-state index contributed by atoms with van der Waals surface area (Å²) >= 11 is 0. The van der Waals surface area contributed by atoms with Crippen molar-refractivity contribution in [3.8, 4) is 11.3 Å². The van der Waals surface area contributed by atoms with Crippen molar-refractivity contribution in [1.82, 2.24) is 10.1 Å². The molecule has 2 N–H and O–H groups in total. The largest absolute Gasteiger partial charge is 0.367 e. The average Bonchev–Trinajstić information content (AvgIpc) is 2.70. The van der Waals surface area contributed by atoms with Crippen molar-refractivity contribution in [2.24, 2.45) is 0 Å². The quantitative estimate of drug-likeness (QED) is 0.691. The fourth-order valence-electron chi connectivity index (χ4n) is 1.84. The number of nitrogens with two attached hydrogens (primary N) is 1. The summed E-state index contributed by atoms with van der Waals surface area (Å²) in [4.78, 5) is 4.28. The lowest BCUT2D eigenvalue weighted by molar-refractivity contribution is 0.439. The molecule has 0 aliphatic carbocycles. The van der Waals surface area contributed by atoms with Crippen LogP contribution in [-0.2, 0) is 0 Å². The minimum Gasteiger partial charge on any atom is -0.367 e. The Balaban J connectivity index is 2.21. The van der Waals surface area contributed by atoms with E-state index in [1.54, 1.807) is 6.20 Å². The summed E-state index contributed by atoms with van der Waals surface area (Å²) in [5.74, 6) is 0.367. The molecule has 3 aromatic rings. The molecule has 0 aliphatic rings. The number of hydrogen-bond donors (Lipinski definition) is 1. The van der Waals surface area contributed by atoms with Crippen molar-refractivity contribution in [1.29, 1.82) is 0 Å². The first-order valence-corrected chi connectivity index (χ1v) is 5.32. The van der Waals surface area contributed by atoms with Gasteiger partial charge in [-0.15, -0.1) is 0 Å².